The first-order chi connectivity index (χ1) is 37.0. The highest BCUT2D eigenvalue weighted by molar-refractivity contribution is 7.13. The van der Waals surface area contributed by atoms with E-state index in [1.54, 1.807) is 55.0 Å². The monoisotopic (exact) mass is 1070 g/mol. The maximum atomic E-state index is 14.2. The van der Waals surface area contributed by atoms with Crippen LogP contribution in [0, 0.1) is 23.6 Å². The lowest BCUT2D eigenvalue weighted by Crippen LogP contribution is -2.58. The number of aromatic nitrogens is 2. The number of β-amino-alcohol motifs (C(OH)–C–C–N with tert-alkyl or cyclic N) is 1. The summed E-state index contributed by atoms with van der Waals surface area (Å²) in [6.07, 6.45) is 3.38. The molecule has 0 bridgehead atoms. The van der Waals surface area contributed by atoms with Crippen molar-refractivity contribution in [2.75, 3.05) is 43.9 Å². The number of likely N-dealkylation sites (tertiary alicyclic amines) is 2. The molecule has 2 saturated heterocycles. The molecule has 4 aromatic carbocycles. The summed E-state index contributed by atoms with van der Waals surface area (Å²) in [5.41, 5.74) is 5.28. The summed E-state index contributed by atoms with van der Waals surface area (Å²) in [5.74, 6) is -0.623. The van der Waals surface area contributed by atoms with E-state index in [2.05, 4.69) is 36.1 Å². The first-order valence-corrected chi connectivity index (χ1v) is 26.9. The summed E-state index contributed by atoms with van der Waals surface area (Å²) >= 11 is 1.57. The molecule has 0 unspecified atom stereocenters. The molecule has 5 amide bonds. The molecule has 5 N–H and O–H groups in total. The predicted octanol–water partition coefficient (Wildman–Crippen LogP) is 8.14. The van der Waals surface area contributed by atoms with E-state index in [9.17, 15) is 33.5 Å². The minimum Gasteiger partial charge on any atom is -0.496 e. The van der Waals surface area contributed by atoms with Gasteiger partial charge in [-0.1, -0.05) is 45.0 Å². The van der Waals surface area contributed by atoms with E-state index in [-0.39, 0.29) is 43.8 Å². The minimum atomic E-state index is -1.19. The Bertz CT molecular complexity index is 3100. The van der Waals surface area contributed by atoms with Gasteiger partial charge in [-0.15, -0.1) is 11.3 Å². The first kappa shape index (κ1) is 54.5. The molecule has 2 aromatic heterocycles. The molecule has 17 nitrogen and oxygen atoms in total. The second-order valence-electron chi connectivity index (χ2n) is 21.2. The number of hydrogen-bond donors (Lipinski definition) is 5. The standard InChI is InChI=1S/C58H65FN8O9S/c1-35-51(77-34-62-35)37-8-6-36(7-9-37)31-61-53(70)47-29-42(68)32-67(47)54(71)52(57(2,3)4)65-50(69)21-27-66-25-19-43(20-26-66)75-33-38-28-46-45(30-49(38)74-5)48(18-24-60-46)76-44-16-14-41(15-17-44)64-56(73)58(22-23-58)55(72)63-40-12-10-39(59)11-13-40/h6-18,24,28,30,34,42-43,47,52,68H,19-23,25-27,29,31-33H2,1-5H3,(H,61,70)(H,63,72)(H,64,73)(H,65,69)/t42-,47+,52-/m1/s1. The predicted molar refractivity (Wildman–Crippen MR) is 291 cm³/mol. The number of pyridine rings is 1. The molecule has 3 aliphatic rings. The van der Waals surface area contributed by atoms with Crippen LogP contribution < -0.4 is 30.7 Å². The molecule has 0 radical (unpaired) electrons. The van der Waals surface area contributed by atoms with Crippen molar-refractivity contribution in [3.8, 4) is 27.7 Å². The van der Waals surface area contributed by atoms with Crippen LogP contribution in [0.2, 0.25) is 0 Å². The number of rotatable bonds is 19. The van der Waals surface area contributed by atoms with Crippen LogP contribution in [0.25, 0.3) is 21.3 Å². The van der Waals surface area contributed by atoms with Gasteiger partial charge in [-0.25, -0.2) is 9.37 Å². The number of piperidine rings is 1. The van der Waals surface area contributed by atoms with Gasteiger partial charge in [-0.05, 0) is 116 Å². The van der Waals surface area contributed by atoms with Crippen LogP contribution in [0.4, 0.5) is 15.8 Å². The maximum Gasteiger partial charge on any atom is 0.246 e. The topological polar surface area (TPSA) is 214 Å². The van der Waals surface area contributed by atoms with Crippen LogP contribution in [-0.2, 0) is 41.9 Å². The third-order valence-electron chi connectivity index (χ3n) is 14.5. The summed E-state index contributed by atoms with van der Waals surface area (Å²) in [7, 11) is 1.60. The van der Waals surface area contributed by atoms with Crippen molar-refractivity contribution in [1.82, 2.24) is 30.4 Å². The van der Waals surface area contributed by atoms with Gasteiger partial charge in [0.15, 0.2) is 0 Å². The lowest BCUT2D eigenvalue weighted by molar-refractivity contribution is -0.144. The molecule has 3 atom stereocenters. The van der Waals surface area contributed by atoms with Crippen molar-refractivity contribution < 1.29 is 47.7 Å². The van der Waals surface area contributed by atoms with Gasteiger partial charge < -0.3 is 50.4 Å². The molecule has 19 heteroatoms. The van der Waals surface area contributed by atoms with Gasteiger partial charge in [0.05, 0.1) is 47.5 Å². The van der Waals surface area contributed by atoms with Gasteiger partial charge in [0.1, 0.15) is 40.6 Å². The van der Waals surface area contributed by atoms with Crippen LogP contribution in [-0.4, -0.2) is 112 Å². The highest BCUT2D eigenvalue weighted by atomic mass is 32.1. The number of fused-ring (bicyclic) bond motifs is 1. The van der Waals surface area contributed by atoms with E-state index >= 15 is 0 Å². The molecule has 0 spiro atoms. The Morgan fingerprint density at radius 2 is 1.56 bits per heavy atom. The second kappa shape index (κ2) is 23.5. The highest BCUT2D eigenvalue weighted by Crippen LogP contribution is 2.48. The molecule has 1 saturated carbocycles. The Hall–Kier alpha value is -7.32. The van der Waals surface area contributed by atoms with Gasteiger partial charge in [-0.3, -0.25) is 29.0 Å². The number of halogens is 1. The molecule has 404 valence electrons. The Balaban J connectivity index is 0.724. The fraction of sp³-hybridized carbons (Fsp3) is 0.397. The smallest absolute Gasteiger partial charge is 0.246 e. The number of aliphatic hydroxyl groups excluding tert-OH is 1. The number of hydrogen-bond acceptors (Lipinski definition) is 13. The van der Waals surface area contributed by atoms with Crippen LogP contribution >= 0.6 is 11.3 Å². The Morgan fingerprint density at radius 1 is 0.883 bits per heavy atom. The zero-order valence-corrected chi connectivity index (χ0v) is 44.7. The highest BCUT2D eigenvalue weighted by Gasteiger charge is 2.56. The number of carbonyl (C=O) groups is 5. The number of amides is 5. The minimum absolute atomic E-state index is 0.00210. The summed E-state index contributed by atoms with van der Waals surface area (Å²) in [6, 6.07) is 23.9. The maximum absolute atomic E-state index is 14.2. The van der Waals surface area contributed by atoms with Crippen LogP contribution in [0.5, 0.6) is 17.2 Å². The number of nitrogens with one attached hydrogen (secondary N) is 4. The zero-order valence-electron chi connectivity index (χ0n) is 43.9. The summed E-state index contributed by atoms with van der Waals surface area (Å²) in [6.45, 7) is 10.1. The molecular weight excluding hydrogens is 1000 g/mol. The van der Waals surface area contributed by atoms with Gasteiger partial charge in [0.2, 0.25) is 29.5 Å². The van der Waals surface area contributed by atoms with Crippen molar-refractivity contribution in [3.63, 3.8) is 0 Å². The number of aliphatic hydroxyl groups is 1. The van der Waals surface area contributed by atoms with E-state index in [4.69, 9.17) is 14.2 Å². The number of benzene rings is 4. The van der Waals surface area contributed by atoms with Crippen LogP contribution in [0.15, 0.2) is 103 Å². The second-order valence-corrected chi connectivity index (χ2v) is 22.0. The fourth-order valence-electron chi connectivity index (χ4n) is 9.81. The van der Waals surface area contributed by atoms with Gasteiger partial charge in [0.25, 0.3) is 0 Å². The molecule has 1 aliphatic carbocycles. The molecule has 9 rings (SSSR count). The van der Waals surface area contributed by atoms with Crippen molar-refractivity contribution in [1.29, 1.82) is 0 Å². The lowest BCUT2D eigenvalue weighted by Gasteiger charge is -2.36. The number of methoxy groups -OCH3 is 1. The van der Waals surface area contributed by atoms with Crippen molar-refractivity contribution in [3.05, 3.63) is 125 Å². The number of ether oxygens (including phenoxy) is 3. The number of aryl methyl sites for hydroxylation is 1. The normalized spacial score (nSPS) is 17.8. The number of thiazole rings is 1. The number of nitrogens with zero attached hydrogens (tertiary/aromatic N) is 4. The Labute approximate surface area is 450 Å². The van der Waals surface area contributed by atoms with Crippen molar-refractivity contribution >= 4 is 63.2 Å². The Morgan fingerprint density at radius 3 is 2.18 bits per heavy atom. The molecule has 3 fully saturated rings. The van der Waals surface area contributed by atoms with E-state index in [1.165, 1.54) is 29.2 Å². The third kappa shape index (κ3) is 13.1. The van der Waals surface area contributed by atoms with Crippen LogP contribution in [0.3, 0.4) is 0 Å². The quantitative estimate of drug-likeness (QED) is 0.0487. The van der Waals surface area contributed by atoms with E-state index < -0.39 is 52.6 Å². The largest absolute Gasteiger partial charge is 0.496 e. The van der Waals surface area contributed by atoms with Crippen molar-refractivity contribution in [2.45, 2.75) is 104 Å². The summed E-state index contributed by atoms with van der Waals surface area (Å²) in [5, 5.41) is 22.9. The van der Waals surface area contributed by atoms with E-state index in [0.717, 1.165) is 58.6 Å². The lowest BCUT2D eigenvalue weighted by atomic mass is 9.85. The van der Waals surface area contributed by atoms with Crippen LogP contribution in [0.1, 0.15) is 76.1 Å². The van der Waals surface area contributed by atoms with E-state index in [0.29, 0.717) is 60.1 Å². The fourth-order valence-corrected chi connectivity index (χ4v) is 10.6. The molecular formula is C58H65FN8O9S. The molecule has 4 heterocycles. The van der Waals surface area contributed by atoms with E-state index in [1.807, 2.05) is 69.6 Å². The average molecular weight is 1070 g/mol. The molecule has 2 aliphatic heterocycles. The van der Waals surface area contributed by atoms with Gasteiger partial charge >= 0.3 is 0 Å². The summed E-state index contributed by atoms with van der Waals surface area (Å²) < 4.78 is 31.9. The van der Waals surface area contributed by atoms with Crippen molar-refractivity contribution in [2.24, 2.45) is 10.8 Å². The zero-order chi connectivity index (χ0) is 54.4. The Kier molecular flexibility index (Phi) is 16.6. The summed E-state index contributed by atoms with van der Waals surface area (Å²) in [4.78, 5) is 81.2. The SMILES string of the molecule is COc1cc2c(Oc3ccc(NC(=O)C4(C(=O)Nc5ccc(F)cc5)CC4)cc3)ccnc2cc1COC1CCN(CCC(=O)N[C@H](C(=O)N2C[C@H](O)C[C@H]2C(=O)NCc2ccc(-c3scnc3C)cc2)C(C)(C)C)CC1. The average Bonchev–Trinajstić information content (AvgIpc) is 4.02. The van der Waals surface area contributed by atoms with Gasteiger partial charge in [-0.2, -0.15) is 0 Å². The number of anilines is 2. The molecule has 6 aromatic rings. The number of carbonyl (C=O) groups excluding carboxylic acids is 5. The molecule has 77 heavy (non-hydrogen) atoms. The first-order valence-electron chi connectivity index (χ1n) is 26.0. The van der Waals surface area contributed by atoms with Gasteiger partial charge in [0, 0.05) is 74.1 Å². The third-order valence-corrected chi connectivity index (χ3v) is 15.5.